The summed E-state index contributed by atoms with van der Waals surface area (Å²) < 4.78 is 0.991. The molecule has 0 saturated carbocycles. The van der Waals surface area contributed by atoms with Gasteiger partial charge < -0.3 is 10.6 Å². The Balaban J connectivity index is 1.94. The summed E-state index contributed by atoms with van der Waals surface area (Å²) >= 11 is 9.10. The fraction of sp³-hybridized carbons (Fsp3) is 0.143. The van der Waals surface area contributed by atoms with Crippen molar-refractivity contribution in [3.63, 3.8) is 0 Å². The summed E-state index contributed by atoms with van der Waals surface area (Å²) in [6, 6.07) is 10.6. The van der Waals surface area contributed by atoms with Crippen LogP contribution in [0, 0.1) is 0 Å². The van der Waals surface area contributed by atoms with Crippen LogP contribution < -0.4 is 10.6 Å². The molecule has 0 fully saturated rings. The van der Waals surface area contributed by atoms with E-state index >= 15 is 0 Å². The Kier molecular flexibility index (Phi) is 4.98. The lowest BCUT2D eigenvalue weighted by Crippen LogP contribution is -2.32. The van der Waals surface area contributed by atoms with Crippen molar-refractivity contribution >= 4 is 44.9 Å². The maximum atomic E-state index is 12.0. The van der Waals surface area contributed by atoms with Gasteiger partial charge in [0.2, 0.25) is 5.91 Å². The number of nitrogens with zero attached hydrogens (tertiary/aromatic N) is 1. The number of hydrogen-bond acceptors (Lipinski definition) is 3. The smallest absolute Gasteiger partial charge is 0.247 e. The highest BCUT2D eigenvalue weighted by atomic mass is 79.9. The topological polar surface area (TPSA) is 54.0 Å². The Labute approximate surface area is 130 Å². The van der Waals surface area contributed by atoms with Crippen molar-refractivity contribution in [2.75, 3.05) is 10.6 Å². The number of rotatable bonds is 4. The number of carbonyl (C=O) groups is 1. The number of pyridine rings is 1. The molecular weight excluding hydrogens is 342 g/mol. The van der Waals surface area contributed by atoms with Gasteiger partial charge in [0.1, 0.15) is 11.9 Å². The first-order valence-corrected chi connectivity index (χ1v) is 7.16. The van der Waals surface area contributed by atoms with Crippen molar-refractivity contribution in [3.05, 3.63) is 52.1 Å². The number of halogens is 2. The fourth-order valence-corrected chi connectivity index (χ4v) is 1.92. The number of anilines is 2. The summed E-state index contributed by atoms with van der Waals surface area (Å²) in [5, 5.41) is 6.37. The van der Waals surface area contributed by atoms with Crippen LogP contribution in [0.2, 0.25) is 5.02 Å². The number of amides is 1. The van der Waals surface area contributed by atoms with Crippen LogP contribution in [0.15, 0.2) is 47.1 Å². The fourth-order valence-electron chi connectivity index (χ4n) is 1.55. The molecule has 6 heteroatoms. The molecule has 0 aliphatic heterocycles. The summed E-state index contributed by atoms with van der Waals surface area (Å²) in [5.41, 5.74) is 0.875. The second kappa shape index (κ2) is 6.72. The minimum absolute atomic E-state index is 0.164. The lowest BCUT2D eigenvalue weighted by atomic mass is 10.2. The average molecular weight is 355 g/mol. The zero-order chi connectivity index (χ0) is 14.5. The maximum Gasteiger partial charge on any atom is 0.247 e. The van der Waals surface area contributed by atoms with Gasteiger partial charge in [0, 0.05) is 16.4 Å². The van der Waals surface area contributed by atoms with Gasteiger partial charge in [-0.15, -0.1) is 0 Å². The van der Waals surface area contributed by atoms with Crippen molar-refractivity contribution in [1.29, 1.82) is 0 Å². The van der Waals surface area contributed by atoms with E-state index in [1.165, 1.54) is 6.20 Å². The van der Waals surface area contributed by atoms with Crippen LogP contribution in [-0.4, -0.2) is 16.9 Å². The summed E-state index contributed by atoms with van der Waals surface area (Å²) in [4.78, 5) is 16.0. The van der Waals surface area contributed by atoms with Crippen molar-refractivity contribution in [1.82, 2.24) is 4.98 Å². The molecule has 1 amide bonds. The van der Waals surface area contributed by atoms with Crippen LogP contribution >= 0.6 is 27.5 Å². The van der Waals surface area contributed by atoms with E-state index in [1.54, 1.807) is 19.1 Å². The average Bonchev–Trinajstić information content (AvgIpc) is 2.44. The predicted molar refractivity (Wildman–Crippen MR) is 85.1 cm³/mol. The third-order valence-corrected chi connectivity index (χ3v) is 3.35. The molecule has 0 spiro atoms. The Morgan fingerprint density at radius 1 is 1.25 bits per heavy atom. The van der Waals surface area contributed by atoms with Crippen LogP contribution in [0.1, 0.15) is 6.92 Å². The second-order valence-corrected chi connectivity index (χ2v) is 5.58. The van der Waals surface area contributed by atoms with Crippen LogP contribution in [0.3, 0.4) is 0 Å². The number of nitrogens with one attached hydrogen (secondary N) is 2. The van der Waals surface area contributed by atoms with Gasteiger partial charge in [0.15, 0.2) is 0 Å². The van der Waals surface area contributed by atoms with E-state index in [-0.39, 0.29) is 11.9 Å². The van der Waals surface area contributed by atoms with Gasteiger partial charge in [-0.05, 0) is 43.3 Å². The second-order valence-electron chi connectivity index (χ2n) is 4.22. The molecular formula is C14H13BrClN3O. The zero-order valence-corrected chi connectivity index (χ0v) is 13.1. The minimum atomic E-state index is -0.381. The largest absolute Gasteiger partial charge is 0.374 e. The van der Waals surface area contributed by atoms with Crippen LogP contribution in [0.25, 0.3) is 0 Å². The molecule has 1 aromatic heterocycles. The SMILES string of the molecule is C[C@H](Nc1ccc(Br)cc1)C(=O)Nc1ccc(Cl)cn1. The Bertz CT molecular complexity index is 586. The molecule has 2 N–H and O–H groups in total. The molecule has 2 aromatic rings. The molecule has 20 heavy (non-hydrogen) atoms. The molecule has 4 nitrogen and oxygen atoms in total. The third-order valence-electron chi connectivity index (χ3n) is 2.60. The Morgan fingerprint density at radius 2 is 1.95 bits per heavy atom. The van der Waals surface area contributed by atoms with Gasteiger partial charge in [0.05, 0.1) is 5.02 Å². The molecule has 0 radical (unpaired) electrons. The standard InChI is InChI=1S/C14H13BrClN3O/c1-9(18-12-5-2-10(15)3-6-12)14(20)19-13-7-4-11(16)8-17-13/h2-9,18H,1H3,(H,17,19,20)/t9-/m0/s1. The number of benzene rings is 1. The first kappa shape index (κ1) is 14.8. The molecule has 0 aliphatic carbocycles. The molecule has 1 atom stereocenters. The van der Waals surface area contributed by atoms with Gasteiger partial charge in [-0.2, -0.15) is 0 Å². The molecule has 1 heterocycles. The molecule has 0 unspecified atom stereocenters. The first-order chi connectivity index (χ1) is 9.54. The maximum absolute atomic E-state index is 12.0. The van der Waals surface area contributed by atoms with Crippen LogP contribution in [0.4, 0.5) is 11.5 Å². The molecule has 0 saturated heterocycles. The molecule has 1 aromatic carbocycles. The van der Waals surface area contributed by atoms with E-state index in [0.717, 1.165) is 10.2 Å². The Morgan fingerprint density at radius 3 is 2.55 bits per heavy atom. The lowest BCUT2D eigenvalue weighted by molar-refractivity contribution is -0.116. The number of hydrogen-bond donors (Lipinski definition) is 2. The molecule has 104 valence electrons. The van der Waals surface area contributed by atoms with Gasteiger partial charge in [-0.25, -0.2) is 4.98 Å². The predicted octanol–water partition coefficient (Wildman–Crippen LogP) is 3.94. The summed E-state index contributed by atoms with van der Waals surface area (Å²) in [7, 11) is 0. The minimum Gasteiger partial charge on any atom is -0.374 e. The van der Waals surface area contributed by atoms with E-state index in [2.05, 4.69) is 31.5 Å². The summed E-state index contributed by atoms with van der Waals surface area (Å²) in [5.74, 6) is 0.312. The normalized spacial score (nSPS) is 11.8. The van der Waals surface area contributed by atoms with Crippen LogP contribution in [-0.2, 0) is 4.79 Å². The van der Waals surface area contributed by atoms with Crippen molar-refractivity contribution in [2.24, 2.45) is 0 Å². The highest BCUT2D eigenvalue weighted by Crippen LogP contribution is 2.15. The van der Waals surface area contributed by atoms with Crippen LogP contribution in [0.5, 0.6) is 0 Å². The molecule has 2 rings (SSSR count). The highest BCUT2D eigenvalue weighted by Gasteiger charge is 2.13. The highest BCUT2D eigenvalue weighted by molar-refractivity contribution is 9.10. The molecule has 0 aliphatic rings. The van der Waals surface area contributed by atoms with Gasteiger partial charge in [-0.1, -0.05) is 27.5 Å². The summed E-state index contributed by atoms with van der Waals surface area (Å²) in [6.45, 7) is 1.79. The first-order valence-electron chi connectivity index (χ1n) is 5.99. The van der Waals surface area contributed by atoms with E-state index in [4.69, 9.17) is 11.6 Å². The van der Waals surface area contributed by atoms with Crippen molar-refractivity contribution in [3.8, 4) is 0 Å². The monoisotopic (exact) mass is 353 g/mol. The summed E-state index contributed by atoms with van der Waals surface area (Å²) in [6.07, 6.45) is 1.49. The van der Waals surface area contributed by atoms with Crippen molar-refractivity contribution < 1.29 is 4.79 Å². The Hall–Kier alpha value is -1.59. The van der Waals surface area contributed by atoms with Crippen molar-refractivity contribution in [2.45, 2.75) is 13.0 Å². The quantitative estimate of drug-likeness (QED) is 0.874. The number of aromatic nitrogens is 1. The number of carbonyl (C=O) groups excluding carboxylic acids is 1. The van der Waals surface area contributed by atoms with E-state index < -0.39 is 0 Å². The van der Waals surface area contributed by atoms with Gasteiger partial charge in [-0.3, -0.25) is 4.79 Å². The zero-order valence-electron chi connectivity index (χ0n) is 10.7. The third kappa shape index (κ3) is 4.21. The van der Waals surface area contributed by atoms with Gasteiger partial charge in [0.25, 0.3) is 0 Å². The lowest BCUT2D eigenvalue weighted by Gasteiger charge is -2.15. The van der Waals surface area contributed by atoms with E-state index in [0.29, 0.717) is 10.8 Å². The molecule has 0 bridgehead atoms. The van der Waals surface area contributed by atoms with E-state index in [9.17, 15) is 4.79 Å². The van der Waals surface area contributed by atoms with E-state index in [1.807, 2.05) is 24.3 Å². The van der Waals surface area contributed by atoms with Gasteiger partial charge >= 0.3 is 0 Å².